The van der Waals surface area contributed by atoms with E-state index in [1.165, 1.54) is 0 Å². The van der Waals surface area contributed by atoms with E-state index in [0.29, 0.717) is 0 Å². The van der Waals surface area contributed by atoms with E-state index in [-0.39, 0.29) is 0 Å². The van der Waals surface area contributed by atoms with Gasteiger partial charge in [0.1, 0.15) is 11.6 Å². The number of thioether (sulfide) groups is 1. The van der Waals surface area contributed by atoms with Gasteiger partial charge in [-0.1, -0.05) is 23.9 Å². The zero-order chi connectivity index (χ0) is 14.9. The van der Waals surface area contributed by atoms with E-state index in [2.05, 4.69) is 37.8 Å². The molecule has 0 saturated carbocycles. The summed E-state index contributed by atoms with van der Waals surface area (Å²) in [6.45, 7) is 4.72. The van der Waals surface area contributed by atoms with Gasteiger partial charge >= 0.3 is 0 Å². The maximum Gasteiger partial charge on any atom is 0.191 e. The molecule has 0 bridgehead atoms. The van der Waals surface area contributed by atoms with E-state index in [0.717, 1.165) is 49.3 Å². The third kappa shape index (κ3) is 5.22. The molecule has 0 amide bonds. The first-order valence-electron chi connectivity index (χ1n) is 7.06. The van der Waals surface area contributed by atoms with Crippen molar-refractivity contribution in [1.29, 1.82) is 0 Å². The molecule has 0 aliphatic carbocycles. The lowest BCUT2D eigenvalue weighted by atomic mass is 10.4. The van der Waals surface area contributed by atoms with Crippen molar-refractivity contribution in [1.82, 2.24) is 25.0 Å². The number of aromatic nitrogens is 5. The minimum atomic E-state index is 0.773. The molecule has 2 aromatic heterocycles. The Bertz CT molecular complexity index is 529. The Morgan fingerprint density at radius 1 is 1.19 bits per heavy atom. The van der Waals surface area contributed by atoms with E-state index in [4.69, 9.17) is 0 Å². The standard InChI is InChI=1S/C13H21N7S/c1-3-5-14-11-10-12(18-13(17-11)21-2)15-6-4-8-20-9-7-16-19-20/h7,9-10H,3-6,8H2,1-2H3,(H2,14,15,17,18). The Hall–Kier alpha value is -1.83. The lowest BCUT2D eigenvalue weighted by Gasteiger charge is -2.10. The third-order valence-electron chi connectivity index (χ3n) is 2.79. The van der Waals surface area contributed by atoms with Crippen molar-refractivity contribution in [3.8, 4) is 0 Å². The molecule has 114 valence electrons. The third-order valence-corrected chi connectivity index (χ3v) is 3.33. The highest BCUT2D eigenvalue weighted by Crippen LogP contribution is 2.17. The van der Waals surface area contributed by atoms with Crippen LogP contribution in [0.3, 0.4) is 0 Å². The maximum atomic E-state index is 4.46. The van der Waals surface area contributed by atoms with Crippen molar-refractivity contribution in [2.24, 2.45) is 0 Å². The second-order valence-corrected chi connectivity index (χ2v) is 5.27. The smallest absolute Gasteiger partial charge is 0.191 e. The van der Waals surface area contributed by atoms with E-state index in [9.17, 15) is 0 Å². The highest BCUT2D eigenvalue weighted by atomic mass is 32.2. The summed E-state index contributed by atoms with van der Waals surface area (Å²) in [6, 6.07) is 1.95. The van der Waals surface area contributed by atoms with Crippen LogP contribution in [0.2, 0.25) is 0 Å². The van der Waals surface area contributed by atoms with Gasteiger partial charge in [-0.05, 0) is 19.1 Å². The Balaban J connectivity index is 1.85. The Morgan fingerprint density at radius 3 is 2.57 bits per heavy atom. The number of hydrogen-bond acceptors (Lipinski definition) is 7. The fraction of sp³-hybridized carbons (Fsp3) is 0.538. The van der Waals surface area contributed by atoms with Crippen LogP contribution in [0.4, 0.5) is 11.6 Å². The van der Waals surface area contributed by atoms with E-state index in [1.54, 1.807) is 18.0 Å². The van der Waals surface area contributed by atoms with Gasteiger partial charge in [-0.3, -0.25) is 4.68 Å². The molecule has 0 aliphatic heterocycles. The zero-order valence-corrected chi connectivity index (χ0v) is 13.2. The molecule has 2 heterocycles. The van der Waals surface area contributed by atoms with Crippen LogP contribution in [-0.2, 0) is 6.54 Å². The fourth-order valence-corrected chi connectivity index (χ4v) is 2.14. The molecule has 0 spiro atoms. The quantitative estimate of drug-likeness (QED) is 0.417. The molecule has 0 unspecified atom stereocenters. The number of nitrogens with one attached hydrogen (secondary N) is 2. The van der Waals surface area contributed by atoms with Crippen LogP contribution in [0.15, 0.2) is 23.6 Å². The largest absolute Gasteiger partial charge is 0.370 e. The summed E-state index contributed by atoms with van der Waals surface area (Å²) in [6.07, 6.45) is 7.56. The van der Waals surface area contributed by atoms with Crippen molar-refractivity contribution >= 4 is 23.4 Å². The molecule has 0 saturated heterocycles. The minimum Gasteiger partial charge on any atom is -0.370 e. The number of nitrogens with zero attached hydrogens (tertiary/aromatic N) is 5. The number of hydrogen-bond donors (Lipinski definition) is 2. The first-order chi connectivity index (χ1) is 10.3. The second kappa shape index (κ2) is 8.46. The monoisotopic (exact) mass is 307 g/mol. The van der Waals surface area contributed by atoms with Crippen molar-refractivity contribution in [2.75, 3.05) is 30.0 Å². The summed E-state index contributed by atoms with van der Waals surface area (Å²) >= 11 is 1.54. The van der Waals surface area contributed by atoms with Gasteiger partial charge in [-0.2, -0.15) is 0 Å². The van der Waals surface area contributed by atoms with Crippen molar-refractivity contribution < 1.29 is 0 Å². The topological polar surface area (TPSA) is 80.5 Å². The molecule has 0 fully saturated rings. The molecular formula is C13H21N7S. The van der Waals surface area contributed by atoms with Crippen LogP contribution < -0.4 is 10.6 Å². The predicted octanol–water partition coefficient (Wildman–Crippen LogP) is 2.11. The summed E-state index contributed by atoms with van der Waals surface area (Å²) in [7, 11) is 0. The number of anilines is 2. The molecule has 21 heavy (non-hydrogen) atoms. The molecule has 0 aromatic carbocycles. The minimum absolute atomic E-state index is 0.773. The van der Waals surface area contributed by atoms with Crippen LogP contribution in [0.1, 0.15) is 19.8 Å². The highest BCUT2D eigenvalue weighted by Gasteiger charge is 2.03. The molecule has 0 radical (unpaired) electrons. The van der Waals surface area contributed by atoms with Gasteiger partial charge in [0.05, 0.1) is 6.20 Å². The van der Waals surface area contributed by atoms with Gasteiger partial charge < -0.3 is 10.6 Å². The van der Waals surface area contributed by atoms with Gasteiger partial charge in [0.15, 0.2) is 5.16 Å². The van der Waals surface area contributed by atoms with Crippen molar-refractivity contribution in [3.05, 3.63) is 18.5 Å². The van der Waals surface area contributed by atoms with Crippen LogP contribution in [0.25, 0.3) is 0 Å². The second-order valence-electron chi connectivity index (χ2n) is 4.50. The molecule has 2 aromatic rings. The van der Waals surface area contributed by atoms with Crippen molar-refractivity contribution in [2.45, 2.75) is 31.5 Å². The van der Waals surface area contributed by atoms with Crippen LogP contribution in [-0.4, -0.2) is 44.3 Å². The first kappa shape index (κ1) is 15.6. The van der Waals surface area contributed by atoms with Crippen molar-refractivity contribution in [3.63, 3.8) is 0 Å². The molecular weight excluding hydrogens is 286 g/mol. The van der Waals surface area contributed by atoms with Gasteiger partial charge in [0.2, 0.25) is 0 Å². The Kier molecular flexibility index (Phi) is 6.26. The Morgan fingerprint density at radius 2 is 1.95 bits per heavy atom. The fourth-order valence-electron chi connectivity index (χ4n) is 1.76. The van der Waals surface area contributed by atoms with E-state index < -0.39 is 0 Å². The number of aryl methyl sites for hydroxylation is 1. The summed E-state index contributed by atoms with van der Waals surface area (Å²) in [5.74, 6) is 1.72. The maximum absolute atomic E-state index is 4.46. The van der Waals surface area contributed by atoms with Crippen LogP contribution in [0, 0.1) is 0 Å². The number of rotatable bonds is 9. The van der Waals surface area contributed by atoms with E-state index >= 15 is 0 Å². The Labute approximate surface area is 129 Å². The summed E-state index contributed by atoms with van der Waals surface area (Å²) in [5.41, 5.74) is 0. The summed E-state index contributed by atoms with van der Waals surface area (Å²) in [4.78, 5) is 8.90. The summed E-state index contributed by atoms with van der Waals surface area (Å²) < 4.78 is 1.82. The molecule has 8 heteroatoms. The van der Waals surface area contributed by atoms with Crippen LogP contribution >= 0.6 is 11.8 Å². The molecule has 0 aliphatic rings. The lowest BCUT2D eigenvalue weighted by Crippen LogP contribution is -2.10. The molecule has 7 nitrogen and oxygen atoms in total. The SMILES string of the molecule is CCCNc1cc(NCCCn2ccnn2)nc(SC)n1. The molecule has 2 rings (SSSR count). The lowest BCUT2D eigenvalue weighted by molar-refractivity contribution is 0.569. The van der Waals surface area contributed by atoms with Gasteiger partial charge in [-0.15, -0.1) is 5.10 Å². The van der Waals surface area contributed by atoms with Gasteiger partial charge in [0.25, 0.3) is 0 Å². The normalized spacial score (nSPS) is 10.6. The van der Waals surface area contributed by atoms with Gasteiger partial charge in [-0.25, -0.2) is 9.97 Å². The van der Waals surface area contributed by atoms with E-state index in [1.807, 2.05) is 23.2 Å². The van der Waals surface area contributed by atoms with Crippen LogP contribution in [0.5, 0.6) is 0 Å². The molecule has 0 atom stereocenters. The van der Waals surface area contributed by atoms with Gasteiger partial charge in [0, 0.05) is 31.9 Å². The first-order valence-corrected chi connectivity index (χ1v) is 8.29. The molecule has 2 N–H and O–H groups in total. The summed E-state index contributed by atoms with van der Waals surface area (Å²) in [5, 5.41) is 15.1. The predicted molar refractivity (Wildman–Crippen MR) is 85.7 cm³/mol. The average molecular weight is 307 g/mol. The zero-order valence-electron chi connectivity index (χ0n) is 12.4. The average Bonchev–Trinajstić information content (AvgIpc) is 3.02. The highest BCUT2D eigenvalue weighted by molar-refractivity contribution is 7.98.